The molecule has 7 heteroatoms. The van der Waals surface area contributed by atoms with E-state index in [4.69, 9.17) is 14.2 Å². The number of halogens is 1. The summed E-state index contributed by atoms with van der Waals surface area (Å²) in [4.78, 5) is 4.73. The second-order valence-corrected chi connectivity index (χ2v) is 10.9. The summed E-state index contributed by atoms with van der Waals surface area (Å²) in [6, 6.07) is 15.9. The highest BCUT2D eigenvalue weighted by molar-refractivity contribution is 6.07. The van der Waals surface area contributed by atoms with Crippen molar-refractivity contribution >= 4 is 21.9 Å². The second-order valence-electron chi connectivity index (χ2n) is 10.9. The van der Waals surface area contributed by atoms with Crippen LogP contribution in [0.5, 0.6) is 0 Å². The normalized spacial score (nSPS) is 15.9. The van der Waals surface area contributed by atoms with Crippen molar-refractivity contribution < 1.29 is 18.8 Å². The van der Waals surface area contributed by atoms with Crippen molar-refractivity contribution in [1.29, 1.82) is 0 Å². The summed E-state index contributed by atoms with van der Waals surface area (Å²) in [5, 5.41) is 15.4. The number of nitrogens with zero attached hydrogens (tertiary/aromatic N) is 3. The van der Waals surface area contributed by atoms with Gasteiger partial charge in [0.25, 0.3) is 0 Å². The third-order valence-electron chi connectivity index (χ3n) is 7.85. The molecule has 1 atom stereocenters. The lowest BCUT2D eigenvalue weighted by atomic mass is 9.86. The van der Waals surface area contributed by atoms with E-state index in [0.717, 1.165) is 46.3 Å². The molecule has 0 spiro atoms. The lowest BCUT2D eigenvalue weighted by Crippen LogP contribution is -2.27. The smallest absolute Gasteiger partial charge is 0.141 e. The Morgan fingerprint density at radius 3 is 2.45 bits per heavy atom. The first-order valence-corrected chi connectivity index (χ1v) is 13.2. The third-order valence-corrected chi connectivity index (χ3v) is 7.85. The van der Waals surface area contributed by atoms with Gasteiger partial charge in [-0.05, 0) is 75.8 Å². The van der Waals surface area contributed by atoms with Gasteiger partial charge in [0.15, 0.2) is 0 Å². The SMILES string of the molecule is Cc1noc(C)c1-c1cc(F)c2c3ncc(C(C)(C)O)cc3n(C(c3ccccc3)C3CCOCC3)c2c1. The number of aryl methyl sites for hydroxylation is 2. The molecule has 1 aliphatic rings. The van der Waals surface area contributed by atoms with E-state index >= 15 is 4.39 Å². The predicted molar refractivity (Wildman–Crippen MR) is 146 cm³/mol. The van der Waals surface area contributed by atoms with Crippen molar-refractivity contribution in [1.82, 2.24) is 14.7 Å². The topological polar surface area (TPSA) is 73.3 Å². The van der Waals surface area contributed by atoms with Crippen LogP contribution in [-0.2, 0) is 10.3 Å². The van der Waals surface area contributed by atoms with Gasteiger partial charge in [0, 0.05) is 30.5 Å². The Labute approximate surface area is 221 Å². The minimum Gasteiger partial charge on any atom is -0.386 e. The van der Waals surface area contributed by atoms with Gasteiger partial charge in [0.1, 0.15) is 11.6 Å². The first-order chi connectivity index (χ1) is 18.2. The maximum Gasteiger partial charge on any atom is 0.141 e. The number of aliphatic hydroxyl groups is 1. The molecule has 0 saturated carbocycles. The zero-order valence-corrected chi connectivity index (χ0v) is 22.2. The predicted octanol–water partition coefficient (Wildman–Crippen LogP) is 6.84. The van der Waals surface area contributed by atoms with Gasteiger partial charge in [-0.3, -0.25) is 4.98 Å². The number of pyridine rings is 1. The molecular weight excluding hydrogens is 481 g/mol. The number of aromatic nitrogens is 3. The van der Waals surface area contributed by atoms with E-state index in [9.17, 15) is 5.11 Å². The number of hydrogen-bond donors (Lipinski definition) is 1. The summed E-state index contributed by atoms with van der Waals surface area (Å²) >= 11 is 0. The zero-order chi connectivity index (χ0) is 26.6. The standard InChI is InChI=1S/C31H32FN3O3/c1-18-27(19(2)38-34-18)22-14-24(32)28-25(15-22)35(26-16-23(31(3,4)36)17-33-29(26)28)30(20-8-6-5-7-9-20)21-10-12-37-13-11-21/h5-9,14-17,21,30,36H,10-13H2,1-4H3. The van der Waals surface area contributed by atoms with Gasteiger partial charge in [-0.2, -0.15) is 0 Å². The molecule has 0 amide bonds. The third kappa shape index (κ3) is 4.10. The summed E-state index contributed by atoms with van der Waals surface area (Å²) in [6.45, 7) is 8.58. The molecule has 0 radical (unpaired) electrons. The Kier molecular flexibility index (Phi) is 6.08. The molecular formula is C31H32FN3O3. The molecule has 2 aromatic carbocycles. The second kappa shape index (κ2) is 9.33. The maximum atomic E-state index is 16.1. The number of fused-ring (bicyclic) bond motifs is 3. The van der Waals surface area contributed by atoms with Crippen LogP contribution in [0.15, 0.2) is 59.3 Å². The van der Waals surface area contributed by atoms with Crippen molar-refractivity contribution in [3.63, 3.8) is 0 Å². The van der Waals surface area contributed by atoms with E-state index in [1.54, 1.807) is 26.1 Å². The Morgan fingerprint density at radius 2 is 1.79 bits per heavy atom. The van der Waals surface area contributed by atoms with E-state index in [-0.39, 0.29) is 17.8 Å². The monoisotopic (exact) mass is 513 g/mol. The molecule has 196 valence electrons. The average Bonchev–Trinajstić information content (AvgIpc) is 3.41. The van der Waals surface area contributed by atoms with Gasteiger partial charge in [0.05, 0.1) is 39.3 Å². The fraction of sp³-hybridized carbons (Fsp3) is 0.355. The molecule has 5 aromatic rings. The van der Waals surface area contributed by atoms with Crippen LogP contribution in [-0.4, -0.2) is 33.0 Å². The lowest BCUT2D eigenvalue weighted by molar-refractivity contribution is 0.0552. The Hall–Kier alpha value is -3.55. The van der Waals surface area contributed by atoms with Crippen LogP contribution in [0.25, 0.3) is 33.1 Å². The number of rotatable bonds is 5. The van der Waals surface area contributed by atoms with Crippen molar-refractivity contribution in [2.45, 2.75) is 52.2 Å². The molecule has 38 heavy (non-hydrogen) atoms. The fourth-order valence-electron chi connectivity index (χ4n) is 5.96. The first-order valence-electron chi connectivity index (χ1n) is 13.2. The van der Waals surface area contributed by atoms with E-state index in [2.05, 4.69) is 21.9 Å². The summed E-state index contributed by atoms with van der Waals surface area (Å²) in [5.41, 5.74) is 5.12. The van der Waals surface area contributed by atoms with E-state index in [0.29, 0.717) is 35.4 Å². The van der Waals surface area contributed by atoms with E-state index in [1.807, 2.05) is 44.2 Å². The molecule has 1 saturated heterocycles. The van der Waals surface area contributed by atoms with Crippen molar-refractivity contribution in [2.75, 3.05) is 13.2 Å². The molecule has 1 N–H and O–H groups in total. The van der Waals surface area contributed by atoms with Gasteiger partial charge in [-0.25, -0.2) is 4.39 Å². The molecule has 0 bridgehead atoms. The largest absolute Gasteiger partial charge is 0.386 e. The molecule has 6 rings (SSSR count). The average molecular weight is 514 g/mol. The highest BCUT2D eigenvalue weighted by atomic mass is 19.1. The van der Waals surface area contributed by atoms with E-state index in [1.165, 1.54) is 0 Å². The quantitative estimate of drug-likeness (QED) is 0.278. The van der Waals surface area contributed by atoms with Crippen LogP contribution in [0.3, 0.4) is 0 Å². The van der Waals surface area contributed by atoms with Gasteiger partial charge in [0.2, 0.25) is 0 Å². The Morgan fingerprint density at radius 1 is 1.05 bits per heavy atom. The van der Waals surface area contributed by atoms with Crippen LogP contribution < -0.4 is 0 Å². The molecule has 3 aromatic heterocycles. The van der Waals surface area contributed by atoms with Crippen LogP contribution in [0.4, 0.5) is 4.39 Å². The molecule has 1 fully saturated rings. The zero-order valence-electron chi connectivity index (χ0n) is 22.2. The molecule has 1 aliphatic heterocycles. The molecule has 4 heterocycles. The maximum absolute atomic E-state index is 16.1. The lowest BCUT2D eigenvalue weighted by Gasteiger charge is -2.33. The highest BCUT2D eigenvalue weighted by Gasteiger charge is 2.32. The van der Waals surface area contributed by atoms with E-state index < -0.39 is 5.60 Å². The van der Waals surface area contributed by atoms with Crippen molar-refractivity contribution in [3.8, 4) is 11.1 Å². The minimum atomic E-state index is -1.09. The minimum absolute atomic E-state index is 0.0710. The van der Waals surface area contributed by atoms with Crippen LogP contribution in [0, 0.1) is 25.6 Å². The van der Waals surface area contributed by atoms with Crippen molar-refractivity contribution in [2.24, 2.45) is 5.92 Å². The number of hydrogen-bond acceptors (Lipinski definition) is 5. The van der Waals surface area contributed by atoms with Gasteiger partial charge in [-0.1, -0.05) is 35.5 Å². The number of ether oxygens (including phenoxy) is 1. The Balaban J connectivity index is 1.73. The summed E-state index contributed by atoms with van der Waals surface area (Å²) in [6.07, 6.45) is 3.44. The van der Waals surface area contributed by atoms with Crippen LogP contribution >= 0.6 is 0 Å². The van der Waals surface area contributed by atoms with Gasteiger partial charge in [-0.15, -0.1) is 0 Å². The van der Waals surface area contributed by atoms with Gasteiger partial charge < -0.3 is 18.9 Å². The van der Waals surface area contributed by atoms with Crippen molar-refractivity contribution in [3.05, 3.63) is 83.1 Å². The highest BCUT2D eigenvalue weighted by Crippen LogP contribution is 2.43. The Bertz CT molecular complexity index is 1610. The first kappa shape index (κ1) is 24.8. The molecule has 1 unspecified atom stereocenters. The fourth-order valence-corrected chi connectivity index (χ4v) is 5.96. The molecule has 0 aliphatic carbocycles. The summed E-state index contributed by atoms with van der Waals surface area (Å²) in [7, 11) is 0. The van der Waals surface area contributed by atoms with Gasteiger partial charge >= 0.3 is 0 Å². The molecule has 6 nitrogen and oxygen atoms in total. The van der Waals surface area contributed by atoms with Crippen LogP contribution in [0.2, 0.25) is 0 Å². The number of benzene rings is 2. The summed E-state index contributed by atoms with van der Waals surface area (Å²) in [5.74, 6) is 0.584. The van der Waals surface area contributed by atoms with Crippen LogP contribution in [0.1, 0.15) is 55.3 Å². The summed E-state index contributed by atoms with van der Waals surface area (Å²) < 4.78 is 29.5.